The highest BCUT2D eigenvalue weighted by molar-refractivity contribution is 6.01. The highest BCUT2D eigenvalue weighted by atomic mass is 19.1. The van der Waals surface area contributed by atoms with E-state index in [0.717, 1.165) is 0 Å². The van der Waals surface area contributed by atoms with Crippen LogP contribution in [0.1, 0.15) is 51.5 Å². The second kappa shape index (κ2) is 7.48. The van der Waals surface area contributed by atoms with Crippen LogP contribution in [0.4, 0.5) is 14.5 Å². The number of esters is 1. The van der Waals surface area contributed by atoms with E-state index in [4.69, 9.17) is 4.74 Å². The first-order valence-electron chi connectivity index (χ1n) is 9.35. The van der Waals surface area contributed by atoms with Gasteiger partial charge in [0, 0.05) is 30.8 Å². The maximum absolute atomic E-state index is 14.7. The summed E-state index contributed by atoms with van der Waals surface area (Å²) in [6.07, 6.45) is 0.649. The smallest absolute Gasteiger partial charge is 0.311 e. The Bertz CT molecular complexity index is 796. The van der Waals surface area contributed by atoms with Crippen molar-refractivity contribution in [1.29, 1.82) is 0 Å². The number of carbonyl (C=O) groups is 3. The SMILES string of the molecule is CC(C)(C)OC(=O)[C@@H]1CCN(c2cc(F)c(C3CCC(=O)NC3=O)c(F)c2)C1. The molecule has 8 heteroatoms. The molecular formula is C20H24F2N2O4. The van der Waals surface area contributed by atoms with Gasteiger partial charge in [0.1, 0.15) is 17.2 Å². The number of anilines is 1. The van der Waals surface area contributed by atoms with Crippen LogP contribution in [0.2, 0.25) is 0 Å². The van der Waals surface area contributed by atoms with E-state index >= 15 is 0 Å². The van der Waals surface area contributed by atoms with Crippen LogP contribution in [0.15, 0.2) is 12.1 Å². The summed E-state index contributed by atoms with van der Waals surface area (Å²) in [5.74, 6) is -4.50. The van der Waals surface area contributed by atoms with Gasteiger partial charge in [0.2, 0.25) is 11.8 Å². The van der Waals surface area contributed by atoms with Crippen molar-refractivity contribution in [3.63, 3.8) is 0 Å². The molecule has 2 heterocycles. The van der Waals surface area contributed by atoms with Crippen molar-refractivity contribution < 1.29 is 27.9 Å². The van der Waals surface area contributed by atoms with Gasteiger partial charge in [0.25, 0.3) is 0 Å². The van der Waals surface area contributed by atoms with E-state index in [2.05, 4.69) is 5.32 Å². The molecular weight excluding hydrogens is 370 g/mol. The number of benzene rings is 1. The summed E-state index contributed by atoms with van der Waals surface area (Å²) < 4.78 is 34.7. The van der Waals surface area contributed by atoms with Gasteiger partial charge in [-0.3, -0.25) is 19.7 Å². The van der Waals surface area contributed by atoms with Crippen LogP contribution >= 0.6 is 0 Å². The predicted octanol–water partition coefficient (Wildman–Crippen LogP) is 2.65. The number of amides is 2. The van der Waals surface area contributed by atoms with Crippen LogP contribution in [0.5, 0.6) is 0 Å². The number of halogens is 2. The second-order valence-corrected chi connectivity index (χ2v) is 8.29. The van der Waals surface area contributed by atoms with Crippen molar-refractivity contribution in [2.45, 2.75) is 51.6 Å². The van der Waals surface area contributed by atoms with Crippen molar-refractivity contribution in [2.75, 3.05) is 18.0 Å². The zero-order valence-electron chi connectivity index (χ0n) is 16.2. The maximum atomic E-state index is 14.7. The average molecular weight is 394 g/mol. The number of nitrogens with one attached hydrogen (secondary N) is 1. The number of piperidine rings is 1. The van der Waals surface area contributed by atoms with E-state index < -0.39 is 35.0 Å². The minimum absolute atomic E-state index is 0.0424. The number of hydrogen-bond donors (Lipinski definition) is 1. The molecule has 0 saturated carbocycles. The molecule has 2 amide bonds. The molecule has 1 N–H and O–H groups in total. The summed E-state index contributed by atoms with van der Waals surface area (Å²) in [6.45, 7) is 6.15. The van der Waals surface area contributed by atoms with E-state index in [-0.39, 0.29) is 30.3 Å². The molecule has 2 fully saturated rings. The Morgan fingerprint density at radius 2 is 1.82 bits per heavy atom. The molecule has 1 aromatic rings. The molecule has 1 unspecified atom stereocenters. The van der Waals surface area contributed by atoms with Crippen LogP contribution in [0.25, 0.3) is 0 Å². The fraction of sp³-hybridized carbons (Fsp3) is 0.550. The highest BCUT2D eigenvalue weighted by Crippen LogP contribution is 2.34. The Morgan fingerprint density at radius 1 is 1.18 bits per heavy atom. The summed E-state index contributed by atoms with van der Waals surface area (Å²) in [5.41, 5.74) is -0.597. The zero-order valence-corrected chi connectivity index (χ0v) is 16.2. The molecule has 0 bridgehead atoms. The minimum atomic E-state index is -1.03. The van der Waals surface area contributed by atoms with Crippen LogP contribution in [-0.4, -0.2) is 36.5 Å². The van der Waals surface area contributed by atoms with Crippen molar-refractivity contribution >= 4 is 23.5 Å². The van der Waals surface area contributed by atoms with Gasteiger partial charge < -0.3 is 9.64 Å². The number of carbonyl (C=O) groups excluding carboxylic acids is 3. The highest BCUT2D eigenvalue weighted by Gasteiger charge is 2.35. The third-order valence-electron chi connectivity index (χ3n) is 4.94. The zero-order chi connectivity index (χ0) is 20.6. The maximum Gasteiger partial charge on any atom is 0.311 e. The molecule has 2 aliphatic rings. The molecule has 2 atom stereocenters. The molecule has 0 aromatic heterocycles. The number of hydrogen-bond acceptors (Lipinski definition) is 5. The molecule has 0 aliphatic carbocycles. The average Bonchev–Trinajstić information content (AvgIpc) is 3.04. The van der Waals surface area contributed by atoms with Crippen LogP contribution in [-0.2, 0) is 19.1 Å². The van der Waals surface area contributed by atoms with E-state index in [1.807, 2.05) is 0 Å². The fourth-order valence-corrected chi connectivity index (χ4v) is 3.63. The number of rotatable bonds is 3. The summed E-state index contributed by atoms with van der Waals surface area (Å²) >= 11 is 0. The van der Waals surface area contributed by atoms with Crippen molar-refractivity contribution in [3.05, 3.63) is 29.3 Å². The Balaban J connectivity index is 1.75. The van der Waals surface area contributed by atoms with Gasteiger partial charge in [-0.25, -0.2) is 8.78 Å². The van der Waals surface area contributed by atoms with Crippen molar-refractivity contribution in [1.82, 2.24) is 5.32 Å². The molecule has 152 valence electrons. The third kappa shape index (κ3) is 4.31. The lowest BCUT2D eigenvalue weighted by atomic mass is 9.89. The first-order valence-corrected chi connectivity index (χ1v) is 9.35. The van der Waals surface area contributed by atoms with Gasteiger partial charge in [-0.05, 0) is 45.7 Å². The van der Waals surface area contributed by atoms with Gasteiger partial charge >= 0.3 is 5.97 Å². The minimum Gasteiger partial charge on any atom is -0.460 e. The van der Waals surface area contributed by atoms with Crippen LogP contribution in [0.3, 0.4) is 0 Å². The summed E-state index contributed by atoms with van der Waals surface area (Å²) in [6, 6.07) is 2.36. The lowest BCUT2D eigenvalue weighted by Gasteiger charge is -2.25. The quantitative estimate of drug-likeness (QED) is 0.630. The monoisotopic (exact) mass is 394 g/mol. The van der Waals surface area contributed by atoms with Gasteiger partial charge in [-0.2, -0.15) is 0 Å². The molecule has 0 spiro atoms. The molecule has 0 radical (unpaired) electrons. The van der Waals surface area contributed by atoms with Gasteiger partial charge in [-0.15, -0.1) is 0 Å². The Hall–Kier alpha value is -2.51. The lowest BCUT2D eigenvalue weighted by molar-refractivity contribution is -0.159. The summed E-state index contributed by atoms with van der Waals surface area (Å²) in [4.78, 5) is 37.2. The van der Waals surface area contributed by atoms with E-state index in [9.17, 15) is 23.2 Å². The van der Waals surface area contributed by atoms with E-state index in [1.54, 1.807) is 25.7 Å². The van der Waals surface area contributed by atoms with Gasteiger partial charge in [0.15, 0.2) is 0 Å². The molecule has 28 heavy (non-hydrogen) atoms. The van der Waals surface area contributed by atoms with E-state index in [0.29, 0.717) is 25.2 Å². The van der Waals surface area contributed by atoms with E-state index in [1.165, 1.54) is 12.1 Å². The molecule has 1 aromatic carbocycles. The first kappa shape index (κ1) is 20.2. The summed E-state index contributed by atoms with van der Waals surface area (Å²) in [5, 5.41) is 2.12. The predicted molar refractivity (Wildman–Crippen MR) is 97.6 cm³/mol. The molecule has 6 nitrogen and oxygen atoms in total. The standard InChI is InChI=1S/C20H24F2N2O4/c1-20(2,3)28-19(27)11-6-7-24(10-11)12-8-14(21)17(15(22)9-12)13-4-5-16(25)23-18(13)26/h8-9,11,13H,4-7,10H2,1-3H3,(H,23,25,26)/t11-,13?/m1/s1. The number of imide groups is 1. The third-order valence-corrected chi connectivity index (χ3v) is 4.94. The Morgan fingerprint density at radius 3 is 2.39 bits per heavy atom. The second-order valence-electron chi connectivity index (χ2n) is 8.29. The Labute approximate surface area is 162 Å². The van der Waals surface area contributed by atoms with Crippen LogP contribution < -0.4 is 10.2 Å². The largest absolute Gasteiger partial charge is 0.460 e. The lowest BCUT2D eigenvalue weighted by Crippen LogP contribution is -2.40. The molecule has 2 saturated heterocycles. The number of nitrogens with zero attached hydrogens (tertiary/aromatic N) is 1. The fourth-order valence-electron chi connectivity index (χ4n) is 3.63. The molecule has 3 rings (SSSR count). The van der Waals surface area contributed by atoms with Crippen LogP contribution in [0, 0.1) is 17.6 Å². The Kier molecular flexibility index (Phi) is 5.41. The van der Waals surface area contributed by atoms with Gasteiger partial charge in [-0.1, -0.05) is 0 Å². The van der Waals surface area contributed by atoms with Crippen molar-refractivity contribution in [3.8, 4) is 0 Å². The summed E-state index contributed by atoms with van der Waals surface area (Å²) in [7, 11) is 0. The number of ether oxygens (including phenoxy) is 1. The topological polar surface area (TPSA) is 75.7 Å². The van der Waals surface area contributed by atoms with Crippen molar-refractivity contribution in [2.24, 2.45) is 5.92 Å². The van der Waals surface area contributed by atoms with Gasteiger partial charge in [0.05, 0.1) is 11.8 Å². The first-order chi connectivity index (χ1) is 13.0. The molecule has 2 aliphatic heterocycles. The normalized spacial score (nSPS) is 23.0.